The summed E-state index contributed by atoms with van der Waals surface area (Å²) in [6, 6.07) is 23.6. The fraction of sp³-hybridized carbons (Fsp3) is 0.0800. The number of rotatable bonds is 5. The second-order valence-electron chi connectivity index (χ2n) is 7.64. The molecule has 0 fully saturated rings. The van der Waals surface area contributed by atoms with Gasteiger partial charge in [-0.15, -0.1) is 10.2 Å². The summed E-state index contributed by atoms with van der Waals surface area (Å²) in [5.41, 5.74) is 3.39. The monoisotopic (exact) mass is 466 g/mol. The number of hydrogen-bond acceptors (Lipinski definition) is 6. The average Bonchev–Trinajstić information content (AvgIpc) is 3.28. The number of thioether (sulfide) groups is 1. The van der Waals surface area contributed by atoms with Crippen molar-refractivity contribution < 1.29 is 4.79 Å². The number of hydrogen-bond donors (Lipinski definition) is 1. The average molecular weight is 467 g/mol. The molecule has 0 radical (unpaired) electrons. The molecule has 2 aromatic heterocycles. The van der Waals surface area contributed by atoms with Crippen LogP contribution in [0.4, 0.5) is 5.69 Å². The van der Waals surface area contributed by atoms with Crippen LogP contribution in [0.5, 0.6) is 0 Å². The minimum Gasteiger partial charge on any atom is -0.325 e. The van der Waals surface area contributed by atoms with Gasteiger partial charge in [0.2, 0.25) is 11.7 Å². The summed E-state index contributed by atoms with van der Waals surface area (Å²) in [6.07, 6.45) is 0. The minimum atomic E-state index is -0.220. The number of anilines is 1. The third-order valence-electron chi connectivity index (χ3n) is 5.32. The molecule has 1 amide bonds. The van der Waals surface area contributed by atoms with Crippen molar-refractivity contribution in [2.24, 2.45) is 0 Å². The molecule has 0 saturated carbocycles. The van der Waals surface area contributed by atoms with Crippen LogP contribution in [-0.2, 0) is 4.79 Å². The molecule has 9 heteroatoms. The van der Waals surface area contributed by atoms with E-state index in [9.17, 15) is 9.59 Å². The number of para-hydroxylation sites is 1. The number of carbonyl (C=O) groups is 1. The van der Waals surface area contributed by atoms with Crippen molar-refractivity contribution in [2.75, 3.05) is 11.1 Å². The van der Waals surface area contributed by atoms with Gasteiger partial charge in [-0.1, -0.05) is 41.6 Å². The van der Waals surface area contributed by atoms with Crippen molar-refractivity contribution in [1.82, 2.24) is 19.2 Å². The van der Waals surface area contributed by atoms with Crippen LogP contribution in [0.3, 0.4) is 0 Å². The second-order valence-corrected chi connectivity index (χ2v) is 8.58. The van der Waals surface area contributed by atoms with Gasteiger partial charge in [-0.3, -0.25) is 14.0 Å². The highest BCUT2D eigenvalue weighted by molar-refractivity contribution is 7.99. The molecule has 0 unspecified atom stereocenters. The van der Waals surface area contributed by atoms with E-state index in [0.717, 1.165) is 5.56 Å². The molecule has 0 aliphatic carbocycles. The number of nitriles is 1. The molecule has 0 saturated heterocycles. The Bertz CT molecular complexity index is 1630. The normalized spacial score (nSPS) is 10.9. The van der Waals surface area contributed by atoms with Gasteiger partial charge in [-0.05, 0) is 55.5 Å². The molecule has 5 rings (SSSR count). The quantitative estimate of drug-likeness (QED) is 0.393. The van der Waals surface area contributed by atoms with Gasteiger partial charge in [0.15, 0.2) is 5.16 Å². The summed E-state index contributed by atoms with van der Waals surface area (Å²) in [6.45, 7) is 1.98. The van der Waals surface area contributed by atoms with E-state index in [1.165, 1.54) is 16.3 Å². The maximum atomic E-state index is 13.3. The highest BCUT2D eigenvalue weighted by atomic mass is 32.2. The van der Waals surface area contributed by atoms with Gasteiger partial charge < -0.3 is 5.32 Å². The Hall–Kier alpha value is -4.42. The molecule has 166 valence electrons. The van der Waals surface area contributed by atoms with Crippen LogP contribution in [0.2, 0.25) is 0 Å². The first-order valence-corrected chi connectivity index (χ1v) is 11.4. The number of carbonyl (C=O) groups excluding carboxylic acids is 1. The number of nitrogens with one attached hydrogen (secondary N) is 1. The van der Waals surface area contributed by atoms with Crippen LogP contribution < -0.4 is 10.9 Å². The molecule has 0 atom stereocenters. The summed E-state index contributed by atoms with van der Waals surface area (Å²) in [4.78, 5) is 25.9. The van der Waals surface area contributed by atoms with Crippen LogP contribution in [0, 0.1) is 18.3 Å². The van der Waals surface area contributed by atoms with Crippen molar-refractivity contribution in [3.63, 3.8) is 0 Å². The van der Waals surface area contributed by atoms with E-state index in [0.29, 0.717) is 38.8 Å². The lowest BCUT2D eigenvalue weighted by Crippen LogP contribution is -2.22. The lowest BCUT2D eigenvalue weighted by Gasteiger charge is -2.11. The maximum Gasteiger partial charge on any atom is 0.267 e. The number of amides is 1. The fourth-order valence-corrected chi connectivity index (χ4v) is 4.39. The standard InChI is InChI=1S/C25H18N6O2S/c1-16-6-12-19(13-7-16)30-23(33)20-4-2-3-5-21(20)31-24(30)28-29-25(31)34-15-22(32)27-18-10-8-17(14-26)9-11-18/h2-13H,15H2,1H3,(H,27,32). The van der Waals surface area contributed by atoms with Crippen LogP contribution in [0.15, 0.2) is 82.7 Å². The lowest BCUT2D eigenvalue weighted by molar-refractivity contribution is -0.113. The summed E-state index contributed by atoms with van der Waals surface area (Å²) in [5.74, 6) is 0.254. The van der Waals surface area contributed by atoms with E-state index in [1.807, 2.05) is 55.5 Å². The predicted molar refractivity (Wildman–Crippen MR) is 131 cm³/mol. The predicted octanol–water partition coefficient (Wildman–Crippen LogP) is 3.94. The van der Waals surface area contributed by atoms with Crippen LogP contribution in [0.25, 0.3) is 22.4 Å². The zero-order chi connectivity index (χ0) is 23.7. The molecule has 5 aromatic rings. The number of benzene rings is 3. The van der Waals surface area contributed by atoms with Crippen molar-refractivity contribution in [3.8, 4) is 11.8 Å². The number of aromatic nitrogens is 4. The molecular weight excluding hydrogens is 448 g/mol. The smallest absolute Gasteiger partial charge is 0.267 e. The highest BCUT2D eigenvalue weighted by Gasteiger charge is 2.18. The Balaban J connectivity index is 1.51. The van der Waals surface area contributed by atoms with E-state index in [-0.39, 0.29) is 17.2 Å². The first-order valence-electron chi connectivity index (χ1n) is 10.4. The maximum absolute atomic E-state index is 13.3. The van der Waals surface area contributed by atoms with Gasteiger partial charge in [0, 0.05) is 5.69 Å². The molecule has 2 heterocycles. The van der Waals surface area contributed by atoms with Crippen LogP contribution >= 0.6 is 11.8 Å². The van der Waals surface area contributed by atoms with Gasteiger partial charge in [-0.25, -0.2) is 4.57 Å². The molecule has 0 spiro atoms. The number of fused-ring (bicyclic) bond motifs is 3. The molecule has 0 bridgehead atoms. The first kappa shape index (κ1) is 21.4. The third-order valence-corrected chi connectivity index (χ3v) is 6.25. The summed E-state index contributed by atoms with van der Waals surface area (Å²) >= 11 is 1.23. The van der Waals surface area contributed by atoms with E-state index < -0.39 is 0 Å². The number of nitrogens with zero attached hydrogens (tertiary/aromatic N) is 5. The molecule has 1 N–H and O–H groups in total. The molecule has 8 nitrogen and oxygen atoms in total. The van der Waals surface area contributed by atoms with Gasteiger partial charge in [0.1, 0.15) is 0 Å². The van der Waals surface area contributed by atoms with E-state index >= 15 is 0 Å². The Labute approximate surface area is 198 Å². The molecule has 0 aliphatic rings. The van der Waals surface area contributed by atoms with E-state index in [1.54, 1.807) is 34.7 Å². The molecular formula is C25H18N6O2S. The second kappa shape index (κ2) is 8.84. The molecule has 34 heavy (non-hydrogen) atoms. The zero-order valence-corrected chi connectivity index (χ0v) is 18.9. The highest BCUT2D eigenvalue weighted by Crippen LogP contribution is 2.23. The lowest BCUT2D eigenvalue weighted by atomic mass is 10.2. The SMILES string of the molecule is Cc1ccc(-n2c(=O)c3ccccc3n3c(SCC(=O)Nc4ccc(C#N)cc4)nnc23)cc1. The van der Waals surface area contributed by atoms with Gasteiger partial charge in [0.25, 0.3) is 5.56 Å². The number of aryl methyl sites for hydroxylation is 1. The fourth-order valence-electron chi connectivity index (χ4n) is 3.65. The molecule has 3 aromatic carbocycles. The van der Waals surface area contributed by atoms with Gasteiger partial charge >= 0.3 is 0 Å². The Morgan fingerprint density at radius 1 is 1.03 bits per heavy atom. The van der Waals surface area contributed by atoms with E-state index in [4.69, 9.17) is 5.26 Å². The Morgan fingerprint density at radius 3 is 2.50 bits per heavy atom. The van der Waals surface area contributed by atoms with Crippen molar-refractivity contribution >= 4 is 40.0 Å². The first-order chi connectivity index (χ1) is 16.5. The molecule has 0 aliphatic heterocycles. The topological polar surface area (TPSA) is 105 Å². The van der Waals surface area contributed by atoms with Crippen molar-refractivity contribution in [1.29, 1.82) is 5.26 Å². The minimum absolute atomic E-state index is 0.0960. The Morgan fingerprint density at radius 2 is 1.76 bits per heavy atom. The van der Waals surface area contributed by atoms with Crippen molar-refractivity contribution in [2.45, 2.75) is 12.1 Å². The summed E-state index contributed by atoms with van der Waals surface area (Å²) in [5, 5.41) is 21.3. The summed E-state index contributed by atoms with van der Waals surface area (Å²) < 4.78 is 3.34. The summed E-state index contributed by atoms with van der Waals surface area (Å²) in [7, 11) is 0. The third kappa shape index (κ3) is 3.91. The van der Waals surface area contributed by atoms with Gasteiger partial charge in [0.05, 0.1) is 34.0 Å². The Kier molecular flexibility index (Phi) is 5.57. The van der Waals surface area contributed by atoms with Crippen LogP contribution in [0.1, 0.15) is 11.1 Å². The zero-order valence-electron chi connectivity index (χ0n) is 18.1. The van der Waals surface area contributed by atoms with E-state index in [2.05, 4.69) is 15.5 Å². The van der Waals surface area contributed by atoms with Crippen LogP contribution in [-0.4, -0.2) is 30.8 Å². The largest absolute Gasteiger partial charge is 0.325 e. The van der Waals surface area contributed by atoms with Crippen molar-refractivity contribution in [3.05, 3.63) is 94.3 Å². The van der Waals surface area contributed by atoms with Gasteiger partial charge in [-0.2, -0.15) is 5.26 Å².